The van der Waals surface area contributed by atoms with Gasteiger partial charge in [-0.05, 0) is 60.7 Å². The number of primary amides is 1. The molecule has 2 aromatic carbocycles. The van der Waals surface area contributed by atoms with Gasteiger partial charge in [0.2, 0.25) is 6.10 Å². The number of nitrogens with zero attached hydrogens (tertiary/aromatic N) is 1. The van der Waals surface area contributed by atoms with Crippen LogP contribution in [0.25, 0.3) is 11.3 Å². The minimum absolute atomic E-state index is 0.162. The fourth-order valence-electron chi connectivity index (χ4n) is 2.32. The Morgan fingerprint density at radius 1 is 1.00 bits per heavy atom. The predicted molar refractivity (Wildman–Crippen MR) is 100.0 cm³/mol. The second-order valence-electron chi connectivity index (χ2n) is 5.78. The Labute approximate surface area is 159 Å². The number of aliphatic hydroxyl groups excluding tert-OH is 1. The number of halogens is 1. The summed E-state index contributed by atoms with van der Waals surface area (Å²) in [5, 5.41) is 11.7. The number of carbonyl (C=O) groups excluding carboxylic acids is 2. The Kier molecular flexibility index (Phi) is 5.61. The zero-order valence-corrected chi connectivity index (χ0v) is 14.5. The SMILES string of the molecule is NC(=O)[C@H](O)C(=O)Nc1cccc(-c2ccc(Oc3ccc(F)cc3)cc2)n1. The van der Waals surface area contributed by atoms with Crippen molar-refractivity contribution in [2.45, 2.75) is 6.10 Å². The third-order valence-electron chi connectivity index (χ3n) is 3.72. The van der Waals surface area contributed by atoms with Gasteiger partial charge in [0, 0.05) is 5.56 Å². The second-order valence-corrected chi connectivity index (χ2v) is 5.78. The van der Waals surface area contributed by atoms with E-state index in [1.165, 1.54) is 30.3 Å². The number of amides is 2. The highest BCUT2D eigenvalue weighted by molar-refractivity contribution is 6.08. The molecule has 4 N–H and O–H groups in total. The number of aromatic nitrogens is 1. The first-order valence-corrected chi connectivity index (χ1v) is 8.21. The normalized spacial score (nSPS) is 11.5. The number of rotatable bonds is 6. The molecule has 0 saturated carbocycles. The van der Waals surface area contributed by atoms with E-state index in [4.69, 9.17) is 10.5 Å². The molecule has 3 rings (SSSR count). The van der Waals surface area contributed by atoms with Gasteiger partial charge in [0.15, 0.2) is 0 Å². The lowest BCUT2D eigenvalue weighted by atomic mass is 10.1. The first-order valence-electron chi connectivity index (χ1n) is 8.21. The number of benzene rings is 2. The molecule has 1 aromatic heterocycles. The van der Waals surface area contributed by atoms with Crippen LogP contribution in [-0.4, -0.2) is 28.0 Å². The van der Waals surface area contributed by atoms with E-state index in [2.05, 4.69) is 10.3 Å². The molecule has 0 bridgehead atoms. The molecular formula is C20H16FN3O4. The van der Waals surface area contributed by atoms with Crippen molar-refractivity contribution in [2.24, 2.45) is 5.73 Å². The van der Waals surface area contributed by atoms with Crippen LogP contribution in [0.5, 0.6) is 11.5 Å². The Morgan fingerprint density at radius 2 is 1.61 bits per heavy atom. The maximum Gasteiger partial charge on any atom is 0.264 e. The summed E-state index contributed by atoms with van der Waals surface area (Å²) < 4.78 is 18.6. The number of aliphatic hydroxyl groups is 1. The van der Waals surface area contributed by atoms with Crippen LogP contribution in [0.3, 0.4) is 0 Å². The average Bonchev–Trinajstić information content (AvgIpc) is 2.70. The topological polar surface area (TPSA) is 115 Å². The maximum atomic E-state index is 12.9. The van der Waals surface area contributed by atoms with E-state index in [1.807, 2.05) is 0 Å². The van der Waals surface area contributed by atoms with E-state index in [0.29, 0.717) is 17.2 Å². The quantitative estimate of drug-likeness (QED) is 0.568. The van der Waals surface area contributed by atoms with Crippen molar-refractivity contribution in [2.75, 3.05) is 5.32 Å². The summed E-state index contributed by atoms with van der Waals surface area (Å²) in [7, 11) is 0. The van der Waals surface area contributed by atoms with E-state index in [0.717, 1.165) is 5.56 Å². The summed E-state index contributed by atoms with van der Waals surface area (Å²) in [5.41, 5.74) is 6.19. The predicted octanol–water partition coefficient (Wildman–Crippen LogP) is 2.46. The van der Waals surface area contributed by atoms with Crippen LogP contribution in [0.2, 0.25) is 0 Å². The smallest absolute Gasteiger partial charge is 0.264 e. The van der Waals surface area contributed by atoms with Gasteiger partial charge < -0.3 is 20.9 Å². The zero-order chi connectivity index (χ0) is 20.1. The molecule has 0 aliphatic heterocycles. The van der Waals surface area contributed by atoms with Gasteiger partial charge in [-0.15, -0.1) is 0 Å². The summed E-state index contributed by atoms with van der Waals surface area (Å²) >= 11 is 0. The number of anilines is 1. The summed E-state index contributed by atoms with van der Waals surface area (Å²) in [6.45, 7) is 0. The lowest BCUT2D eigenvalue weighted by Crippen LogP contribution is -2.39. The Balaban J connectivity index is 1.72. The van der Waals surface area contributed by atoms with E-state index >= 15 is 0 Å². The van der Waals surface area contributed by atoms with Gasteiger partial charge in [-0.1, -0.05) is 6.07 Å². The second kappa shape index (κ2) is 8.28. The first kappa shape index (κ1) is 19.0. The van der Waals surface area contributed by atoms with E-state index in [-0.39, 0.29) is 11.6 Å². The van der Waals surface area contributed by atoms with E-state index < -0.39 is 17.9 Å². The monoisotopic (exact) mass is 381 g/mol. The van der Waals surface area contributed by atoms with Crippen molar-refractivity contribution in [3.05, 3.63) is 72.5 Å². The molecule has 28 heavy (non-hydrogen) atoms. The molecule has 8 heteroatoms. The molecule has 3 aromatic rings. The molecule has 1 heterocycles. The number of hydrogen-bond donors (Lipinski definition) is 3. The molecule has 0 fully saturated rings. The molecule has 7 nitrogen and oxygen atoms in total. The van der Waals surface area contributed by atoms with Crippen molar-refractivity contribution in [3.8, 4) is 22.8 Å². The van der Waals surface area contributed by atoms with Crippen molar-refractivity contribution < 1.29 is 23.8 Å². The van der Waals surface area contributed by atoms with Crippen LogP contribution < -0.4 is 15.8 Å². The largest absolute Gasteiger partial charge is 0.457 e. The van der Waals surface area contributed by atoms with Gasteiger partial charge in [-0.3, -0.25) is 9.59 Å². The lowest BCUT2D eigenvalue weighted by molar-refractivity contribution is -0.136. The van der Waals surface area contributed by atoms with Crippen LogP contribution in [0.4, 0.5) is 10.2 Å². The lowest BCUT2D eigenvalue weighted by Gasteiger charge is -2.10. The number of nitrogens with two attached hydrogens (primary N) is 1. The van der Waals surface area contributed by atoms with Crippen molar-refractivity contribution >= 4 is 17.6 Å². The van der Waals surface area contributed by atoms with Crippen LogP contribution >= 0.6 is 0 Å². The molecule has 0 aliphatic rings. The van der Waals surface area contributed by atoms with Crippen LogP contribution in [-0.2, 0) is 9.59 Å². The molecule has 142 valence electrons. The molecule has 0 saturated heterocycles. The standard InChI is InChI=1S/C20H16FN3O4/c21-13-6-10-15(11-7-13)28-14-8-4-12(5-9-14)16-2-1-3-17(23-16)24-20(27)18(25)19(22)26/h1-11,18,25H,(H2,22,26)(H,23,24,27)/t18-/m0/s1. The van der Waals surface area contributed by atoms with Gasteiger partial charge >= 0.3 is 0 Å². The molecule has 1 atom stereocenters. The minimum Gasteiger partial charge on any atom is -0.457 e. The van der Waals surface area contributed by atoms with Crippen molar-refractivity contribution in [1.82, 2.24) is 4.98 Å². The van der Waals surface area contributed by atoms with Crippen molar-refractivity contribution in [3.63, 3.8) is 0 Å². The highest BCUT2D eigenvalue weighted by Crippen LogP contribution is 2.25. The van der Waals surface area contributed by atoms with Gasteiger partial charge in [0.25, 0.3) is 11.8 Å². The van der Waals surface area contributed by atoms with Crippen LogP contribution in [0, 0.1) is 5.82 Å². The van der Waals surface area contributed by atoms with Crippen LogP contribution in [0.15, 0.2) is 66.7 Å². The third-order valence-corrected chi connectivity index (χ3v) is 3.72. The number of pyridine rings is 1. The average molecular weight is 381 g/mol. The fourth-order valence-corrected chi connectivity index (χ4v) is 2.32. The van der Waals surface area contributed by atoms with Crippen molar-refractivity contribution in [1.29, 1.82) is 0 Å². The van der Waals surface area contributed by atoms with Gasteiger partial charge in [0.05, 0.1) is 5.69 Å². The summed E-state index contributed by atoms with van der Waals surface area (Å²) in [5.74, 6) is -1.22. The molecule has 2 amide bonds. The highest BCUT2D eigenvalue weighted by Gasteiger charge is 2.21. The van der Waals surface area contributed by atoms with Gasteiger partial charge in [0.1, 0.15) is 23.1 Å². The van der Waals surface area contributed by atoms with E-state index in [9.17, 15) is 19.1 Å². The highest BCUT2D eigenvalue weighted by atomic mass is 19.1. The number of carbonyl (C=O) groups is 2. The summed E-state index contributed by atoms with van der Waals surface area (Å²) in [6, 6.07) is 17.6. The van der Waals surface area contributed by atoms with Crippen LogP contribution in [0.1, 0.15) is 0 Å². The Bertz CT molecular complexity index is 991. The number of ether oxygens (including phenoxy) is 1. The third kappa shape index (κ3) is 4.68. The zero-order valence-electron chi connectivity index (χ0n) is 14.5. The Hall–Kier alpha value is -3.78. The fraction of sp³-hybridized carbons (Fsp3) is 0.0500. The molecule has 0 aliphatic carbocycles. The molecular weight excluding hydrogens is 365 g/mol. The summed E-state index contributed by atoms with van der Waals surface area (Å²) in [6.07, 6.45) is -1.95. The number of nitrogens with one attached hydrogen (secondary N) is 1. The van der Waals surface area contributed by atoms with Gasteiger partial charge in [-0.2, -0.15) is 0 Å². The first-order chi connectivity index (χ1) is 13.4. The van der Waals surface area contributed by atoms with E-state index in [1.54, 1.807) is 36.4 Å². The molecule has 0 spiro atoms. The maximum absolute atomic E-state index is 12.9. The minimum atomic E-state index is -1.95. The molecule has 0 unspecified atom stereocenters. The number of hydrogen-bond acceptors (Lipinski definition) is 5. The summed E-state index contributed by atoms with van der Waals surface area (Å²) in [4.78, 5) is 26.8. The molecule has 0 radical (unpaired) electrons. The Morgan fingerprint density at radius 3 is 2.21 bits per heavy atom. The van der Waals surface area contributed by atoms with Gasteiger partial charge in [-0.25, -0.2) is 9.37 Å².